The highest BCUT2D eigenvalue weighted by atomic mass is 32.2. The second-order valence-electron chi connectivity index (χ2n) is 5.17. The lowest BCUT2D eigenvalue weighted by atomic mass is 10.1. The highest BCUT2D eigenvalue weighted by Crippen LogP contribution is 2.17. The van der Waals surface area contributed by atoms with Crippen LogP contribution in [0.2, 0.25) is 0 Å². The number of nitrogens with zero attached hydrogens (tertiary/aromatic N) is 4. The number of hydrogen-bond acceptors (Lipinski definition) is 5. The summed E-state index contributed by atoms with van der Waals surface area (Å²) in [6, 6.07) is 11.3. The van der Waals surface area contributed by atoms with Crippen LogP contribution in [0.25, 0.3) is 0 Å². The van der Waals surface area contributed by atoms with E-state index in [4.69, 9.17) is 0 Å². The predicted octanol–water partition coefficient (Wildman–Crippen LogP) is 3.54. The fourth-order valence-corrected chi connectivity index (χ4v) is 2.82. The van der Waals surface area contributed by atoms with E-state index in [1.807, 2.05) is 22.8 Å². The molecule has 3 aromatic rings. The lowest BCUT2D eigenvalue weighted by Crippen LogP contribution is -2.02. The first-order valence-electron chi connectivity index (χ1n) is 7.63. The number of carbonyl (C=O) groups is 1. The molecule has 0 aliphatic heterocycles. The van der Waals surface area contributed by atoms with Crippen molar-refractivity contribution in [1.82, 2.24) is 19.7 Å². The Bertz CT molecular complexity index is 862. The Kier molecular flexibility index (Phi) is 5.69. The second kappa shape index (κ2) is 8.34. The van der Waals surface area contributed by atoms with Gasteiger partial charge in [-0.25, -0.2) is 4.39 Å². The first kappa shape index (κ1) is 17.0. The summed E-state index contributed by atoms with van der Waals surface area (Å²) in [5, 5.41) is 10.3. The second-order valence-corrected chi connectivity index (χ2v) is 6.04. The number of carbonyl (C=O) groups excluding carboxylic acids is 1. The quantitative estimate of drug-likeness (QED) is 0.369. The molecule has 0 amide bonds. The van der Waals surface area contributed by atoms with Gasteiger partial charge in [0.25, 0.3) is 0 Å². The van der Waals surface area contributed by atoms with Crippen molar-refractivity contribution in [3.05, 3.63) is 83.5 Å². The van der Waals surface area contributed by atoms with Crippen LogP contribution in [-0.2, 0) is 13.0 Å². The molecule has 0 N–H and O–H groups in total. The molecule has 126 valence electrons. The van der Waals surface area contributed by atoms with Crippen molar-refractivity contribution >= 4 is 17.5 Å². The van der Waals surface area contributed by atoms with E-state index in [9.17, 15) is 9.18 Å². The Labute approximate surface area is 148 Å². The van der Waals surface area contributed by atoms with Crippen molar-refractivity contribution in [1.29, 1.82) is 0 Å². The molecular weight excluding hydrogens is 339 g/mol. The minimum atomic E-state index is -0.365. The largest absolute Gasteiger partial charge is 0.308 e. The van der Waals surface area contributed by atoms with Crippen LogP contribution in [0, 0.1) is 5.82 Å². The van der Waals surface area contributed by atoms with Gasteiger partial charge in [0.05, 0.1) is 0 Å². The van der Waals surface area contributed by atoms with E-state index in [-0.39, 0.29) is 11.6 Å². The third kappa shape index (κ3) is 4.84. The molecule has 3 rings (SSSR count). The Morgan fingerprint density at radius 1 is 1.20 bits per heavy atom. The molecule has 0 spiro atoms. The number of pyridine rings is 1. The number of hydrogen-bond donors (Lipinski definition) is 0. The molecule has 7 heteroatoms. The fraction of sp³-hybridized carbons (Fsp3) is 0.111. The van der Waals surface area contributed by atoms with E-state index in [0.717, 1.165) is 12.1 Å². The molecule has 0 bridgehead atoms. The number of benzene rings is 1. The van der Waals surface area contributed by atoms with E-state index < -0.39 is 0 Å². The molecular formula is C18H15FN4OS. The zero-order valence-corrected chi connectivity index (χ0v) is 14.1. The predicted molar refractivity (Wildman–Crippen MR) is 93.7 cm³/mol. The lowest BCUT2D eigenvalue weighted by Gasteiger charge is -2.04. The minimum absolute atomic E-state index is 0.188. The summed E-state index contributed by atoms with van der Waals surface area (Å²) in [7, 11) is 0. The van der Waals surface area contributed by atoms with Gasteiger partial charge < -0.3 is 4.57 Å². The summed E-state index contributed by atoms with van der Waals surface area (Å²) < 4.78 is 14.8. The van der Waals surface area contributed by atoms with E-state index in [0.29, 0.717) is 17.3 Å². The van der Waals surface area contributed by atoms with Gasteiger partial charge in [-0.1, -0.05) is 17.8 Å². The zero-order valence-electron chi connectivity index (χ0n) is 13.2. The molecule has 0 unspecified atom stereocenters. The summed E-state index contributed by atoms with van der Waals surface area (Å²) in [4.78, 5) is 16.3. The molecule has 0 aliphatic rings. The van der Waals surface area contributed by atoms with Crippen molar-refractivity contribution in [3.63, 3.8) is 0 Å². The number of aryl methyl sites for hydroxylation is 2. The van der Waals surface area contributed by atoms with E-state index in [2.05, 4.69) is 15.2 Å². The van der Waals surface area contributed by atoms with Gasteiger partial charge in [-0.3, -0.25) is 9.78 Å². The van der Waals surface area contributed by atoms with Gasteiger partial charge in [-0.15, -0.1) is 10.2 Å². The number of thioether (sulfide) groups is 1. The van der Waals surface area contributed by atoms with Gasteiger partial charge in [0.2, 0.25) is 0 Å². The van der Waals surface area contributed by atoms with Gasteiger partial charge in [0.1, 0.15) is 12.1 Å². The summed E-state index contributed by atoms with van der Waals surface area (Å²) in [6.45, 7) is 0.700. The molecule has 5 nitrogen and oxygen atoms in total. The number of halogens is 1. The molecule has 0 saturated heterocycles. The SMILES string of the molecule is O=C(/C=C/Sc1nncn1CCc1ccccn1)c1ccc(F)cc1. The van der Waals surface area contributed by atoms with Crippen LogP contribution in [0.3, 0.4) is 0 Å². The summed E-state index contributed by atoms with van der Waals surface area (Å²) in [5.41, 5.74) is 1.43. The third-order valence-electron chi connectivity index (χ3n) is 3.44. The maximum atomic E-state index is 12.9. The summed E-state index contributed by atoms with van der Waals surface area (Å²) in [6.07, 6.45) is 5.63. The van der Waals surface area contributed by atoms with Crippen LogP contribution in [-0.4, -0.2) is 25.5 Å². The summed E-state index contributed by atoms with van der Waals surface area (Å²) >= 11 is 1.31. The van der Waals surface area contributed by atoms with Crippen LogP contribution < -0.4 is 0 Å². The maximum Gasteiger partial charge on any atom is 0.195 e. The molecule has 25 heavy (non-hydrogen) atoms. The van der Waals surface area contributed by atoms with Gasteiger partial charge in [-0.05, 0) is 47.9 Å². The molecule has 0 fully saturated rings. The van der Waals surface area contributed by atoms with Crippen molar-refractivity contribution in [2.24, 2.45) is 0 Å². The molecule has 1 aromatic carbocycles. The Morgan fingerprint density at radius 3 is 2.80 bits per heavy atom. The normalized spacial score (nSPS) is 11.1. The smallest absolute Gasteiger partial charge is 0.195 e. The molecule has 0 radical (unpaired) electrons. The maximum absolute atomic E-state index is 12.9. The molecule has 0 atom stereocenters. The Balaban J connectivity index is 1.57. The number of rotatable bonds is 7. The number of aromatic nitrogens is 4. The van der Waals surface area contributed by atoms with Crippen LogP contribution in [0.15, 0.2) is 71.6 Å². The van der Waals surface area contributed by atoms with Gasteiger partial charge in [0, 0.05) is 30.4 Å². The first-order valence-corrected chi connectivity index (χ1v) is 8.51. The molecule has 0 aliphatic carbocycles. The Hall–Kier alpha value is -2.80. The monoisotopic (exact) mass is 354 g/mol. The molecule has 2 aromatic heterocycles. The number of ketones is 1. The Morgan fingerprint density at radius 2 is 2.04 bits per heavy atom. The average molecular weight is 354 g/mol. The van der Waals surface area contributed by atoms with Crippen molar-refractivity contribution in [2.75, 3.05) is 0 Å². The average Bonchev–Trinajstić information content (AvgIpc) is 3.09. The van der Waals surface area contributed by atoms with Crippen LogP contribution >= 0.6 is 11.8 Å². The van der Waals surface area contributed by atoms with E-state index in [1.54, 1.807) is 17.9 Å². The molecule has 0 saturated carbocycles. The van der Waals surface area contributed by atoms with E-state index in [1.165, 1.54) is 42.1 Å². The fourth-order valence-electron chi connectivity index (χ4n) is 2.14. The van der Waals surface area contributed by atoms with Crippen molar-refractivity contribution < 1.29 is 9.18 Å². The van der Waals surface area contributed by atoms with Gasteiger partial charge in [0.15, 0.2) is 10.9 Å². The topological polar surface area (TPSA) is 60.7 Å². The van der Waals surface area contributed by atoms with Gasteiger partial charge in [-0.2, -0.15) is 0 Å². The van der Waals surface area contributed by atoms with Crippen molar-refractivity contribution in [2.45, 2.75) is 18.1 Å². The first-order chi connectivity index (χ1) is 12.2. The summed E-state index contributed by atoms with van der Waals surface area (Å²) in [5.74, 6) is -0.553. The minimum Gasteiger partial charge on any atom is -0.308 e. The lowest BCUT2D eigenvalue weighted by molar-refractivity contribution is 0.104. The highest BCUT2D eigenvalue weighted by Gasteiger charge is 2.05. The van der Waals surface area contributed by atoms with Crippen LogP contribution in [0.4, 0.5) is 4.39 Å². The standard InChI is InChI=1S/C18H15FN4OS/c19-15-6-4-14(5-7-15)17(24)9-12-25-18-22-21-13-23(18)11-8-16-3-1-2-10-20-16/h1-7,9-10,12-13H,8,11H2/b12-9+. The van der Waals surface area contributed by atoms with Crippen molar-refractivity contribution in [3.8, 4) is 0 Å². The highest BCUT2D eigenvalue weighted by molar-refractivity contribution is 8.02. The zero-order chi connectivity index (χ0) is 17.5. The number of allylic oxidation sites excluding steroid dienone is 1. The third-order valence-corrected chi connectivity index (χ3v) is 4.24. The van der Waals surface area contributed by atoms with E-state index >= 15 is 0 Å². The van der Waals surface area contributed by atoms with Crippen LogP contribution in [0.1, 0.15) is 16.1 Å². The van der Waals surface area contributed by atoms with Gasteiger partial charge >= 0.3 is 0 Å². The molecule has 2 heterocycles. The van der Waals surface area contributed by atoms with Crippen LogP contribution in [0.5, 0.6) is 0 Å².